The number of primary amides is 1. The normalized spacial score (nSPS) is 10.1. The fourth-order valence-corrected chi connectivity index (χ4v) is 1.56. The predicted molar refractivity (Wildman–Crippen MR) is 66.8 cm³/mol. The highest BCUT2D eigenvalue weighted by molar-refractivity contribution is 6.30. The zero-order valence-electron chi connectivity index (χ0n) is 9.71. The molecule has 0 unspecified atom stereocenters. The van der Waals surface area contributed by atoms with Crippen molar-refractivity contribution in [2.24, 2.45) is 5.73 Å². The molecule has 0 fully saturated rings. The highest BCUT2D eigenvalue weighted by Gasteiger charge is 2.11. The van der Waals surface area contributed by atoms with Gasteiger partial charge in [0, 0.05) is 18.0 Å². The third kappa shape index (κ3) is 4.71. The fraction of sp³-hybridized carbons (Fsp3) is 0.333. The van der Waals surface area contributed by atoms with E-state index in [4.69, 9.17) is 17.3 Å². The summed E-state index contributed by atoms with van der Waals surface area (Å²) in [5.74, 6) is -1.51. The van der Waals surface area contributed by atoms with Crippen LogP contribution < -0.4 is 11.1 Å². The molecule has 18 heavy (non-hydrogen) atoms. The monoisotopic (exact) mass is 272 g/mol. The number of hydrogen-bond acceptors (Lipinski definition) is 2. The number of amides is 2. The number of carbonyl (C=O) groups is 2. The first-order valence-corrected chi connectivity index (χ1v) is 5.90. The van der Waals surface area contributed by atoms with Gasteiger partial charge in [-0.25, -0.2) is 4.39 Å². The Morgan fingerprint density at radius 2 is 2.06 bits per heavy atom. The smallest absolute Gasteiger partial charge is 0.254 e. The summed E-state index contributed by atoms with van der Waals surface area (Å²) in [6.07, 6.45) is 1.48. The first kappa shape index (κ1) is 14.4. The minimum absolute atomic E-state index is 0.0857. The van der Waals surface area contributed by atoms with E-state index in [2.05, 4.69) is 5.32 Å². The average molecular weight is 273 g/mol. The molecule has 0 spiro atoms. The van der Waals surface area contributed by atoms with Crippen molar-refractivity contribution >= 4 is 23.4 Å². The van der Waals surface area contributed by atoms with Crippen molar-refractivity contribution in [2.75, 3.05) is 6.54 Å². The Morgan fingerprint density at radius 3 is 2.72 bits per heavy atom. The van der Waals surface area contributed by atoms with E-state index in [-0.39, 0.29) is 17.9 Å². The van der Waals surface area contributed by atoms with E-state index in [1.54, 1.807) is 0 Å². The third-order valence-electron chi connectivity index (χ3n) is 2.31. The molecule has 0 aliphatic rings. The molecule has 1 aromatic carbocycles. The number of nitrogens with two attached hydrogens (primary N) is 1. The van der Waals surface area contributed by atoms with E-state index in [1.165, 1.54) is 12.1 Å². The summed E-state index contributed by atoms with van der Waals surface area (Å²) >= 11 is 5.68. The molecule has 0 aliphatic heterocycles. The van der Waals surface area contributed by atoms with Crippen LogP contribution in [0.2, 0.25) is 5.02 Å². The number of halogens is 2. The zero-order chi connectivity index (χ0) is 13.5. The van der Waals surface area contributed by atoms with Crippen LogP contribution in [0.3, 0.4) is 0 Å². The van der Waals surface area contributed by atoms with Crippen LogP contribution in [0.15, 0.2) is 18.2 Å². The summed E-state index contributed by atoms with van der Waals surface area (Å²) in [4.78, 5) is 22.1. The fourth-order valence-electron chi connectivity index (χ4n) is 1.39. The topological polar surface area (TPSA) is 72.2 Å². The number of nitrogens with one attached hydrogen (secondary N) is 1. The minimum Gasteiger partial charge on any atom is -0.370 e. The molecular formula is C12H14ClFN2O2. The third-order valence-corrected chi connectivity index (χ3v) is 2.54. The standard InChI is InChI=1S/C12H14ClFN2O2/c13-8-4-5-10(14)9(7-8)12(18)16-6-2-1-3-11(15)17/h4-5,7H,1-3,6H2,(H2,15,17)(H,16,18). The highest BCUT2D eigenvalue weighted by Crippen LogP contribution is 2.14. The second kappa shape index (κ2) is 6.96. The molecule has 0 bridgehead atoms. The lowest BCUT2D eigenvalue weighted by molar-refractivity contribution is -0.118. The lowest BCUT2D eigenvalue weighted by atomic mass is 10.2. The van der Waals surface area contributed by atoms with Crippen LogP contribution in [-0.4, -0.2) is 18.4 Å². The molecular weight excluding hydrogens is 259 g/mol. The second-order valence-electron chi connectivity index (χ2n) is 3.80. The molecule has 0 heterocycles. The molecule has 98 valence electrons. The van der Waals surface area contributed by atoms with E-state index in [0.717, 1.165) is 6.07 Å². The van der Waals surface area contributed by atoms with E-state index in [9.17, 15) is 14.0 Å². The van der Waals surface area contributed by atoms with Crippen molar-refractivity contribution in [2.45, 2.75) is 19.3 Å². The van der Waals surface area contributed by atoms with E-state index >= 15 is 0 Å². The Hall–Kier alpha value is -1.62. The van der Waals surface area contributed by atoms with Gasteiger partial charge >= 0.3 is 0 Å². The van der Waals surface area contributed by atoms with Gasteiger partial charge in [0.1, 0.15) is 5.82 Å². The number of benzene rings is 1. The van der Waals surface area contributed by atoms with Crippen molar-refractivity contribution in [3.05, 3.63) is 34.6 Å². The van der Waals surface area contributed by atoms with Crippen LogP contribution in [-0.2, 0) is 4.79 Å². The molecule has 0 saturated carbocycles. The molecule has 1 rings (SSSR count). The van der Waals surface area contributed by atoms with Gasteiger partial charge in [0.2, 0.25) is 5.91 Å². The quantitative estimate of drug-likeness (QED) is 0.776. The van der Waals surface area contributed by atoms with Crippen LogP contribution in [0.5, 0.6) is 0 Å². The van der Waals surface area contributed by atoms with Crippen molar-refractivity contribution in [3.8, 4) is 0 Å². The second-order valence-corrected chi connectivity index (χ2v) is 4.24. The van der Waals surface area contributed by atoms with Gasteiger partial charge in [-0.3, -0.25) is 9.59 Å². The Morgan fingerprint density at radius 1 is 1.33 bits per heavy atom. The Labute approximate surface area is 109 Å². The molecule has 1 aromatic rings. The Kier molecular flexibility index (Phi) is 5.58. The Balaban J connectivity index is 2.41. The van der Waals surface area contributed by atoms with E-state index < -0.39 is 11.7 Å². The number of carbonyl (C=O) groups excluding carboxylic acids is 2. The zero-order valence-corrected chi connectivity index (χ0v) is 10.5. The summed E-state index contributed by atoms with van der Waals surface area (Å²) in [6.45, 7) is 0.359. The van der Waals surface area contributed by atoms with Gasteiger partial charge in [0.25, 0.3) is 5.91 Å². The van der Waals surface area contributed by atoms with Gasteiger partial charge in [0.05, 0.1) is 5.56 Å². The SMILES string of the molecule is NC(=O)CCCCNC(=O)c1cc(Cl)ccc1F. The molecule has 0 radical (unpaired) electrons. The lowest BCUT2D eigenvalue weighted by Crippen LogP contribution is -2.25. The van der Waals surface area contributed by atoms with Gasteiger partial charge in [0.15, 0.2) is 0 Å². The van der Waals surface area contributed by atoms with Crippen LogP contribution in [0.4, 0.5) is 4.39 Å². The van der Waals surface area contributed by atoms with Crippen molar-refractivity contribution < 1.29 is 14.0 Å². The molecule has 0 saturated heterocycles. The molecule has 3 N–H and O–H groups in total. The predicted octanol–water partition coefficient (Wildman–Crippen LogP) is 1.86. The number of rotatable bonds is 6. The first-order chi connectivity index (χ1) is 8.50. The molecule has 0 aliphatic carbocycles. The van der Waals surface area contributed by atoms with Crippen molar-refractivity contribution in [3.63, 3.8) is 0 Å². The Bertz CT molecular complexity index is 452. The van der Waals surface area contributed by atoms with Gasteiger partial charge in [-0.1, -0.05) is 11.6 Å². The maximum atomic E-state index is 13.3. The van der Waals surface area contributed by atoms with Crippen LogP contribution in [0.25, 0.3) is 0 Å². The molecule has 0 atom stereocenters. The molecule has 0 aromatic heterocycles. The average Bonchev–Trinajstić information content (AvgIpc) is 2.31. The van der Waals surface area contributed by atoms with Gasteiger partial charge in [-0.15, -0.1) is 0 Å². The number of hydrogen-bond donors (Lipinski definition) is 2. The van der Waals surface area contributed by atoms with Crippen LogP contribution in [0.1, 0.15) is 29.6 Å². The summed E-state index contributed by atoms with van der Waals surface area (Å²) in [6, 6.07) is 3.79. The molecule has 4 nitrogen and oxygen atoms in total. The summed E-state index contributed by atoms with van der Waals surface area (Å²) in [5.41, 5.74) is 4.89. The maximum absolute atomic E-state index is 13.3. The lowest BCUT2D eigenvalue weighted by Gasteiger charge is -2.06. The van der Waals surface area contributed by atoms with E-state index in [0.29, 0.717) is 24.4 Å². The van der Waals surface area contributed by atoms with Gasteiger partial charge < -0.3 is 11.1 Å². The van der Waals surface area contributed by atoms with Crippen molar-refractivity contribution in [1.82, 2.24) is 5.32 Å². The van der Waals surface area contributed by atoms with Gasteiger partial charge in [-0.05, 0) is 31.0 Å². The van der Waals surface area contributed by atoms with Crippen LogP contribution in [0, 0.1) is 5.82 Å². The van der Waals surface area contributed by atoms with Gasteiger partial charge in [-0.2, -0.15) is 0 Å². The van der Waals surface area contributed by atoms with Crippen LogP contribution >= 0.6 is 11.6 Å². The van der Waals surface area contributed by atoms with Crippen molar-refractivity contribution in [1.29, 1.82) is 0 Å². The van der Waals surface area contributed by atoms with E-state index in [1.807, 2.05) is 0 Å². The number of unbranched alkanes of at least 4 members (excludes halogenated alkanes) is 1. The highest BCUT2D eigenvalue weighted by atomic mass is 35.5. The summed E-state index contributed by atoms with van der Waals surface area (Å²) < 4.78 is 13.3. The first-order valence-electron chi connectivity index (χ1n) is 5.52. The summed E-state index contributed by atoms with van der Waals surface area (Å²) in [7, 11) is 0. The molecule has 2 amide bonds. The summed E-state index contributed by atoms with van der Waals surface area (Å²) in [5, 5.41) is 2.85. The molecule has 6 heteroatoms. The maximum Gasteiger partial charge on any atom is 0.254 e. The largest absolute Gasteiger partial charge is 0.370 e. The minimum atomic E-state index is -0.617.